The van der Waals surface area contributed by atoms with E-state index in [1.165, 1.54) is 44.2 Å². The fourth-order valence-electron chi connectivity index (χ4n) is 5.34. The fraction of sp³-hybridized carbons (Fsp3) is 0.692. The van der Waals surface area contributed by atoms with Crippen molar-refractivity contribution in [2.75, 3.05) is 32.7 Å². The monoisotopic (exact) mass is 446 g/mol. The summed E-state index contributed by atoms with van der Waals surface area (Å²) in [6.07, 6.45) is 11.2. The van der Waals surface area contributed by atoms with Gasteiger partial charge in [0, 0.05) is 50.6 Å². The molecule has 1 aromatic carbocycles. The maximum atomic E-state index is 13.0. The highest BCUT2D eigenvalue weighted by Crippen LogP contribution is 2.31. The van der Waals surface area contributed by atoms with Gasteiger partial charge in [-0.15, -0.1) is 0 Å². The van der Waals surface area contributed by atoms with E-state index in [0.717, 1.165) is 64.3 Å². The van der Waals surface area contributed by atoms with Gasteiger partial charge >= 0.3 is 5.97 Å². The van der Waals surface area contributed by atoms with Crippen LogP contribution < -0.4 is 0 Å². The van der Waals surface area contributed by atoms with E-state index < -0.39 is 5.97 Å². The van der Waals surface area contributed by atoms with Gasteiger partial charge in [-0.1, -0.05) is 32.1 Å². The van der Waals surface area contributed by atoms with Crippen molar-refractivity contribution in [3.8, 4) is 0 Å². The minimum absolute atomic E-state index is 0.0971. The molecule has 0 amide bonds. The second-order valence-electron chi connectivity index (χ2n) is 9.59. The Kier molecular flexibility index (Phi) is 10.1. The Morgan fingerprint density at radius 3 is 2.41 bits per heavy atom. The Labute approximate surface area is 192 Å². The molecule has 0 bridgehead atoms. The Bertz CT molecular complexity index is 716. The van der Waals surface area contributed by atoms with Crippen LogP contribution in [0.1, 0.15) is 81.0 Å². The van der Waals surface area contributed by atoms with Crippen LogP contribution in [0.4, 0.5) is 4.39 Å². The van der Waals surface area contributed by atoms with Crippen molar-refractivity contribution >= 4 is 11.8 Å². The van der Waals surface area contributed by atoms with Gasteiger partial charge in [-0.2, -0.15) is 0 Å². The second-order valence-corrected chi connectivity index (χ2v) is 9.59. The van der Waals surface area contributed by atoms with E-state index in [0.29, 0.717) is 24.4 Å². The van der Waals surface area contributed by atoms with Gasteiger partial charge in [0.15, 0.2) is 5.78 Å². The summed E-state index contributed by atoms with van der Waals surface area (Å²) in [4.78, 5) is 28.0. The highest BCUT2D eigenvalue weighted by molar-refractivity contribution is 5.95. The summed E-state index contributed by atoms with van der Waals surface area (Å²) < 4.78 is 13.0. The lowest BCUT2D eigenvalue weighted by Gasteiger charge is -2.42. The van der Waals surface area contributed by atoms with Gasteiger partial charge in [-0.3, -0.25) is 14.5 Å². The fourth-order valence-corrected chi connectivity index (χ4v) is 5.34. The van der Waals surface area contributed by atoms with Crippen molar-refractivity contribution in [1.29, 1.82) is 0 Å². The van der Waals surface area contributed by atoms with Gasteiger partial charge in [0.1, 0.15) is 5.82 Å². The summed E-state index contributed by atoms with van der Waals surface area (Å²) in [5.74, 6) is -0.0882. The molecule has 1 aliphatic heterocycles. The third-order valence-corrected chi connectivity index (χ3v) is 7.23. The molecule has 178 valence electrons. The van der Waals surface area contributed by atoms with Crippen LogP contribution in [0, 0.1) is 11.7 Å². The Morgan fingerprint density at radius 1 is 0.938 bits per heavy atom. The zero-order valence-electron chi connectivity index (χ0n) is 19.3. The van der Waals surface area contributed by atoms with Crippen molar-refractivity contribution in [2.24, 2.45) is 5.92 Å². The minimum atomic E-state index is -0.679. The number of ketones is 1. The van der Waals surface area contributed by atoms with E-state index >= 15 is 0 Å². The van der Waals surface area contributed by atoms with E-state index in [1.54, 1.807) is 12.1 Å². The number of aliphatic carboxylic acids is 1. The number of carboxylic acids is 1. The maximum Gasteiger partial charge on any atom is 0.303 e. The number of carboxylic acid groups (broad SMARTS) is 1. The molecule has 0 aromatic heterocycles. The van der Waals surface area contributed by atoms with Crippen molar-refractivity contribution in [3.05, 3.63) is 35.6 Å². The quantitative estimate of drug-likeness (QED) is 0.362. The summed E-state index contributed by atoms with van der Waals surface area (Å²) in [6, 6.07) is 6.55. The van der Waals surface area contributed by atoms with Gasteiger partial charge in [-0.25, -0.2) is 4.39 Å². The van der Waals surface area contributed by atoms with Crippen molar-refractivity contribution in [3.63, 3.8) is 0 Å². The lowest BCUT2D eigenvalue weighted by molar-refractivity contribution is -0.137. The van der Waals surface area contributed by atoms with Gasteiger partial charge < -0.3 is 10.0 Å². The van der Waals surface area contributed by atoms with Crippen LogP contribution in [-0.4, -0.2) is 65.4 Å². The summed E-state index contributed by atoms with van der Waals surface area (Å²) in [6.45, 7) is 5.32. The molecular weight excluding hydrogens is 407 g/mol. The highest BCUT2D eigenvalue weighted by Gasteiger charge is 2.28. The number of carbonyl (C=O) groups is 2. The summed E-state index contributed by atoms with van der Waals surface area (Å²) in [5, 5.41) is 8.75. The molecule has 2 atom stereocenters. The van der Waals surface area contributed by atoms with Crippen LogP contribution in [0.5, 0.6) is 0 Å². The molecule has 2 aliphatic rings. The van der Waals surface area contributed by atoms with Crippen LogP contribution in [0.15, 0.2) is 24.3 Å². The standard InChI is InChI=1S/C26H39FN2O3/c27-23-13-11-22(12-14-23)25(30)9-5-15-28-16-18-29(19-17-28)24-8-4-7-21(20-24)6-2-1-3-10-26(31)32/h11-14,21,24H,1-10,15-20H2,(H,31,32). The lowest BCUT2D eigenvalue weighted by atomic mass is 9.82. The average molecular weight is 447 g/mol. The molecular formula is C26H39FN2O3. The van der Waals surface area contributed by atoms with Crippen molar-refractivity contribution in [1.82, 2.24) is 9.80 Å². The number of hydrogen-bond donors (Lipinski definition) is 1. The SMILES string of the molecule is O=C(O)CCCCCC1CCCC(N2CCN(CCCC(=O)c3ccc(F)cc3)CC2)C1. The molecule has 32 heavy (non-hydrogen) atoms. The molecule has 2 fully saturated rings. The number of nitrogens with zero attached hydrogens (tertiary/aromatic N) is 2. The molecule has 6 heteroatoms. The highest BCUT2D eigenvalue weighted by atomic mass is 19.1. The summed E-state index contributed by atoms with van der Waals surface area (Å²) in [5.41, 5.74) is 0.602. The molecule has 1 aliphatic carbocycles. The first-order valence-electron chi connectivity index (χ1n) is 12.5. The van der Waals surface area contributed by atoms with Gasteiger partial charge in [0.25, 0.3) is 0 Å². The van der Waals surface area contributed by atoms with Crippen molar-refractivity contribution < 1.29 is 19.1 Å². The van der Waals surface area contributed by atoms with E-state index in [1.807, 2.05) is 0 Å². The van der Waals surface area contributed by atoms with Crippen LogP contribution in [0.3, 0.4) is 0 Å². The van der Waals surface area contributed by atoms with Gasteiger partial charge in [0.2, 0.25) is 0 Å². The van der Waals surface area contributed by atoms with E-state index in [-0.39, 0.29) is 11.6 Å². The number of hydrogen-bond acceptors (Lipinski definition) is 4. The maximum absolute atomic E-state index is 13.0. The molecule has 1 heterocycles. The average Bonchev–Trinajstić information content (AvgIpc) is 2.80. The molecule has 1 saturated carbocycles. The normalized spacial score (nSPS) is 22.7. The zero-order chi connectivity index (χ0) is 22.8. The Hall–Kier alpha value is -1.79. The first-order chi connectivity index (χ1) is 15.5. The number of rotatable bonds is 12. The number of carbonyl (C=O) groups excluding carboxylic acids is 1. The Morgan fingerprint density at radius 2 is 1.69 bits per heavy atom. The minimum Gasteiger partial charge on any atom is -0.481 e. The van der Waals surface area contributed by atoms with Gasteiger partial charge in [-0.05, 0) is 62.4 Å². The molecule has 0 radical (unpaired) electrons. The predicted molar refractivity (Wildman–Crippen MR) is 124 cm³/mol. The molecule has 1 saturated heterocycles. The topological polar surface area (TPSA) is 60.9 Å². The predicted octanol–water partition coefficient (Wildman–Crippen LogP) is 5.00. The van der Waals surface area contributed by atoms with Crippen LogP contribution >= 0.6 is 0 Å². The number of halogens is 1. The number of piperazine rings is 1. The smallest absolute Gasteiger partial charge is 0.303 e. The number of benzene rings is 1. The molecule has 0 spiro atoms. The van der Waals surface area contributed by atoms with E-state index in [4.69, 9.17) is 5.11 Å². The van der Waals surface area contributed by atoms with E-state index in [9.17, 15) is 14.0 Å². The first kappa shape index (κ1) is 24.8. The summed E-state index contributed by atoms with van der Waals surface area (Å²) >= 11 is 0. The largest absolute Gasteiger partial charge is 0.481 e. The van der Waals surface area contributed by atoms with Crippen molar-refractivity contribution in [2.45, 2.75) is 76.7 Å². The van der Waals surface area contributed by atoms with Crippen LogP contribution in [0.2, 0.25) is 0 Å². The molecule has 1 aromatic rings. The third kappa shape index (κ3) is 8.28. The molecule has 2 unspecified atom stereocenters. The summed E-state index contributed by atoms with van der Waals surface area (Å²) in [7, 11) is 0. The number of unbranched alkanes of at least 4 members (excludes halogenated alkanes) is 2. The van der Waals surface area contributed by atoms with Crippen LogP contribution in [0.25, 0.3) is 0 Å². The Balaban J connectivity index is 1.29. The lowest BCUT2D eigenvalue weighted by Crippen LogP contribution is -2.51. The van der Waals surface area contributed by atoms with Crippen LogP contribution in [-0.2, 0) is 4.79 Å². The number of Topliss-reactive ketones (excluding diaryl/α,β-unsaturated/α-hetero) is 1. The molecule has 3 rings (SSSR count). The first-order valence-corrected chi connectivity index (χ1v) is 12.5. The molecule has 5 nitrogen and oxygen atoms in total. The molecule has 1 N–H and O–H groups in total. The third-order valence-electron chi connectivity index (χ3n) is 7.23. The van der Waals surface area contributed by atoms with E-state index in [2.05, 4.69) is 9.80 Å². The second kappa shape index (κ2) is 13.0. The zero-order valence-corrected chi connectivity index (χ0v) is 19.3. The van der Waals surface area contributed by atoms with Gasteiger partial charge in [0.05, 0.1) is 0 Å².